The molecule has 0 radical (unpaired) electrons. The molecule has 0 amide bonds. The first-order chi connectivity index (χ1) is 10.0. The van der Waals surface area contributed by atoms with E-state index in [0.29, 0.717) is 18.7 Å². The quantitative estimate of drug-likeness (QED) is 0.873. The fraction of sp³-hybridized carbons (Fsp3) is 0.294. The summed E-state index contributed by atoms with van der Waals surface area (Å²) in [6.07, 6.45) is 0. The molecule has 0 aliphatic carbocycles. The molecule has 2 aromatic carbocycles. The Labute approximate surface area is 123 Å². The molecular weight excluding hydrogens is 272 g/mol. The molecule has 0 saturated carbocycles. The van der Waals surface area contributed by atoms with Gasteiger partial charge in [-0.25, -0.2) is 8.78 Å². The number of aryl methyl sites for hydroxylation is 1. The number of hydrogen-bond acceptors (Lipinski definition) is 2. The van der Waals surface area contributed by atoms with E-state index in [1.807, 2.05) is 38.1 Å². The van der Waals surface area contributed by atoms with Crippen LogP contribution in [0.15, 0.2) is 42.5 Å². The van der Waals surface area contributed by atoms with Crippen LogP contribution in [0.2, 0.25) is 0 Å². The van der Waals surface area contributed by atoms with Gasteiger partial charge in [-0.15, -0.1) is 0 Å². The summed E-state index contributed by atoms with van der Waals surface area (Å²) in [5, 5.41) is 3.18. The van der Waals surface area contributed by atoms with E-state index < -0.39 is 11.6 Å². The maximum absolute atomic E-state index is 13.1. The predicted octanol–water partition coefficient (Wildman–Crippen LogP) is 3.83. The van der Waals surface area contributed by atoms with Gasteiger partial charge in [0, 0.05) is 18.7 Å². The lowest BCUT2D eigenvalue weighted by Gasteiger charge is -2.15. The molecule has 2 aromatic rings. The van der Waals surface area contributed by atoms with Crippen LogP contribution < -0.4 is 10.1 Å². The summed E-state index contributed by atoms with van der Waals surface area (Å²) >= 11 is 0. The molecule has 1 unspecified atom stereocenters. The van der Waals surface area contributed by atoms with Gasteiger partial charge in [-0.2, -0.15) is 0 Å². The zero-order valence-corrected chi connectivity index (χ0v) is 12.2. The van der Waals surface area contributed by atoms with E-state index in [2.05, 4.69) is 5.32 Å². The van der Waals surface area contributed by atoms with Crippen molar-refractivity contribution in [3.05, 3.63) is 65.2 Å². The zero-order chi connectivity index (χ0) is 15.2. The molecule has 21 heavy (non-hydrogen) atoms. The highest BCUT2D eigenvalue weighted by molar-refractivity contribution is 5.26. The van der Waals surface area contributed by atoms with E-state index in [9.17, 15) is 8.78 Å². The molecule has 0 fully saturated rings. The van der Waals surface area contributed by atoms with Crippen molar-refractivity contribution in [2.45, 2.75) is 26.4 Å². The van der Waals surface area contributed by atoms with E-state index in [1.54, 1.807) is 0 Å². The Balaban J connectivity index is 1.79. The monoisotopic (exact) mass is 291 g/mol. The van der Waals surface area contributed by atoms with Crippen molar-refractivity contribution >= 4 is 0 Å². The van der Waals surface area contributed by atoms with Gasteiger partial charge in [0.1, 0.15) is 24.0 Å². The summed E-state index contributed by atoms with van der Waals surface area (Å²) in [6, 6.07) is 11.4. The van der Waals surface area contributed by atoms with Crippen LogP contribution in [0, 0.1) is 18.6 Å². The minimum atomic E-state index is -0.560. The molecule has 1 N–H and O–H groups in total. The van der Waals surface area contributed by atoms with Gasteiger partial charge in [0.05, 0.1) is 0 Å². The third kappa shape index (κ3) is 5.16. The highest BCUT2D eigenvalue weighted by atomic mass is 19.1. The Bertz CT molecular complexity index is 564. The zero-order valence-electron chi connectivity index (χ0n) is 12.2. The van der Waals surface area contributed by atoms with Crippen LogP contribution in [0.5, 0.6) is 5.75 Å². The molecule has 112 valence electrons. The summed E-state index contributed by atoms with van der Waals surface area (Å²) < 4.78 is 31.8. The fourth-order valence-corrected chi connectivity index (χ4v) is 1.92. The van der Waals surface area contributed by atoms with E-state index in [-0.39, 0.29) is 6.04 Å². The summed E-state index contributed by atoms with van der Waals surface area (Å²) in [4.78, 5) is 0. The van der Waals surface area contributed by atoms with Gasteiger partial charge in [0.2, 0.25) is 0 Å². The SMILES string of the molecule is Cc1ccc(OCC(C)NCc2cc(F)cc(F)c2)cc1. The van der Waals surface area contributed by atoms with Crippen LogP contribution in [-0.2, 0) is 6.54 Å². The largest absolute Gasteiger partial charge is 0.492 e. The summed E-state index contributed by atoms with van der Waals surface area (Å²) in [7, 11) is 0. The second-order valence-electron chi connectivity index (χ2n) is 5.18. The van der Waals surface area contributed by atoms with E-state index >= 15 is 0 Å². The number of benzene rings is 2. The van der Waals surface area contributed by atoms with Crippen molar-refractivity contribution in [3.8, 4) is 5.75 Å². The third-order valence-electron chi connectivity index (χ3n) is 3.10. The summed E-state index contributed by atoms with van der Waals surface area (Å²) in [6.45, 7) is 4.86. The average Bonchev–Trinajstić information content (AvgIpc) is 2.43. The molecule has 0 aromatic heterocycles. The highest BCUT2D eigenvalue weighted by Gasteiger charge is 2.05. The second kappa shape index (κ2) is 7.18. The van der Waals surface area contributed by atoms with Gasteiger partial charge < -0.3 is 10.1 Å². The highest BCUT2D eigenvalue weighted by Crippen LogP contribution is 2.12. The molecule has 0 heterocycles. The van der Waals surface area contributed by atoms with E-state index in [4.69, 9.17) is 4.74 Å². The van der Waals surface area contributed by atoms with Gasteiger partial charge in [0.15, 0.2) is 0 Å². The van der Waals surface area contributed by atoms with Crippen molar-refractivity contribution in [1.82, 2.24) is 5.32 Å². The van der Waals surface area contributed by atoms with Crippen molar-refractivity contribution < 1.29 is 13.5 Å². The maximum Gasteiger partial charge on any atom is 0.126 e. The number of rotatable bonds is 6. The van der Waals surface area contributed by atoms with Gasteiger partial charge >= 0.3 is 0 Å². The molecule has 0 spiro atoms. The van der Waals surface area contributed by atoms with Crippen LogP contribution in [-0.4, -0.2) is 12.6 Å². The topological polar surface area (TPSA) is 21.3 Å². The van der Waals surface area contributed by atoms with Crippen molar-refractivity contribution in [1.29, 1.82) is 0 Å². The Morgan fingerprint density at radius 1 is 1.05 bits per heavy atom. The van der Waals surface area contributed by atoms with E-state index in [0.717, 1.165) is 11.8 Å². The summed E-state index contributed by atoms with van der Waals surface area (Å²) in [5.41, 5.74) is 1.76. The molecule has 2 nitrogen and oxygen atoms in total. The molecule has 0 aliphatic rings. The van der Waals surface area contributed by atoms with Crippen LogP contribution in [0.4, 0.5) is 8.78 Å². The number of hydrogen-bond donors (Lipinski definition) is 1. The molecule has 0 saturated heterocycles. The van der Waals surface area contributed by atoms with Crippen LogP contribution in [0.3, 0.4) is 0 Å². The van der Waals surface area contributed by atoms with Gasteiger partial charge in [-0.3, -0.25) is 0 Å². The van der Waals surface area contributed by atoms with E-state index in [1.165, 1.54) is 17.7 Å². The molecule has 4 heteroatoms. The molecular formula is C17H19F2NO. The number of halogens is 2. The molecule has 2 rings (SSSR count). The lowest BCUT2D eigenvalue weighted by Crippen LogP contribution is -2.31. The predicted molar refractivity (Wildman–Crippen MR) is 79.3 cm³/mol. The average molecular weight is 291 g/mol. The first-order valence-electron chi connectivity index (χ1n) is 6.91. The molecule has 0 bridgehead atoms. The van der Waals surface area contributed by atoms with Gasteiger partial charge in [-0.05, 0) is 43.7 Å². The smallest absolute Gasteiger partial charge is 0.126 e. The first kappa shape index (κ1) is 15.4. The van der Waals surface area contributed by atoms with Crippen LogP contribution >= 0.6 is 0 Å². The van der Waals surface area contributed by atoms with Crippen molar-refractivity contribution in [2.24, 2.45) is 0 Å². The number of nitrogens with one attached hydrogen (secondary N) is 1. The number of ether oxygens (including phenoxy) is 1. The Morgan fingerprint density at radius 3 is 2.29 bits per heavy atom. The molecule has 1 atom stereocenters. The second-order valence-corrected chi connectivity index (χ2v) is 5.18. The Morgan fingerprint density at radius 2 is 1.67 bits per heavy atom. The Hall–Kier alpha value is -1.94. The maximum atomic E-state index is 13.1. The van der Waals surface area contributed by atoms with Gasteiger partial charge in [-0.1, -0.05) is 17.7 Å². The third-order valence-corrected chi connectivity index (χ3v) is 3.10. The summed E-state index contributed by atoms with van der Waals surface area (Å²) in [5.74, 6) is -0.309. The normalized spacial score (nSPS) is 12.2. The Kier molecular flexibility index (Phi) is 5.28. The standard InChI is InChI=1S/C17H19F2NO/c1-12-3-5-17(6-4-12)21-11-13(2)20-10-14-7-15(18)9-16(19)8-14/h3-9,13,20H,10-11H2,1-2H3. The van der Waals surface area contributed by atoms with Gasteiger partial charge in [0.25, 0.3) is 0 Å². The lowest BCUT2D eigenvalue weighted by molar-refractivity contribution is 0.272. The van der Waals surface area contributed by atoms with Crippen LogP contribution in [0.25, 0.3) is 0 Å². The van der Waals surface area contributed by atoms with Crippen LogP contribution in [0.1, 0.15) is 18.1 Å². The lowest BCUT2D eigenvalue weighted by atomic mass is 10.2. The first-order valence-corrected chi connectivity index (χ1v) is 6.91. The molecule has 0 aliphatic heterocycles. The van der Waals surface area contributed by atoms with Crippen molar-refractivity contribution in [3.63, 3.8) is 0 Å². The minimum Gasteiger partial charge on any atom is -0.492 e. The fourth-order valence-electron chi connectivity index (χ4n) is 1.92. The van der Waals surface area contributed by atoms with Crippen molar-refractivity contribution in [2.75, 3.05) is 6.61 Å². The minimum absolute atomic E-state index is 0.0673.